The summed E-state index contributed by atoms with van der Waals surface area (Å²) in [7, 11) is 0. The van der Waals surface area contributed by atoms with Crippen LogP contribution in [-0.4, -0.2) is 29.9 Å². The number of benzene rings is 1. The first-order valence-electron chi connectivity index (χ1n) is 5.58. The third-order valence-electron chi connectivity index (χ3n) is 2.10. The molecule has 7 nitrogen and oxygen atoms in total. The first-order valence-corrected chi connectivity index (χ1v) is 5.58. The maximum Gasteiger partial charge on any atom is 0.313 e. The highest BCUT2D eigenvalue weighted by Gasteiger charge is 2.16. The van der Waals surface area contributed by atoms with Gasteiger partial charge in [0, 0.05) is 6.07 Å². The van der Waals surface area contributed by atoms with Gasteiger partial charge in [0.15, 0.2) is 11.5 Å². The number of carbonyl (C=O) groups excluding carboxylic acids is 2. The summed E-state index contributed by atoms with van der Waals surface area (Å²) in [5.41, 5.74) is -0.230. The first-order chi connectivity index (χ1) is 9.04. The molecular weight excluding hydrogens is 254 g/mol. The highest BCUT2D eigenvalue weighted by Crippen LogP contribution is 2.25. The van der Waals surface area contributed by atoms with Crippen LogP contribution < -0.4 is 4.74 Å². The van der Waals surface area contributed by atoms with Crippen LogP contribution in [-0.2, 0) is 14.3 Å². The van der Waals surface area contributed by atoms with Gasteiger partial charge in [0.1, 0.15) is 13.0 Å². The van der Waals surface area contributed by atoms with Gasteiger partial charge in [0.05, 0.1) is 11.5 Å². The lowest BCUT2D eigenvalue weighted by Gasteiger charge is -2.05. The van der Waals surface area contributed by atoms with Crippen LogP contribution in [0.5, 0.6) is 5.75 Å². The van der Waals surface area contributed by atoms with E-state index in [0.717, 1.165) is 0 Å². The standard InChI is InChI=1S/C12H13NO6/c1-2-18-12(15)7-9(14)8-19-11-6-4-3-5-10(11)13(16)17/h3-6H,2,7-8H2,1H3. The number of hydrogen-bond donors (Lipinski definition) is 0. The molecule has 0 unspecified atom stereocenters. The van der Waals surface area contributed by atoms with Gasteiger partial charge >= 0.3 is 11.7 Å². The van der Waals surface area contributed by atoms with E-state index in [0.29, 0.717) is 0 Å². The molecule has 19 heavy (non-hydrogen) atoms. The number of nitro benzene ring substituents is 1. The van der Waals surface area contributed by atoms with Crippen molar-refractivity contribution in [3.05, 3.63) is 34.4 Å². The number of Topliss-reactive ketones (excluding diaryl/α,β-unsaturated/α-hetero) is 1. The molecule has 0 heterocycles. The average Bonchev–Trinajstić information content (AvgIpc) is 2.36. The van der Waals surface area contributed by atoms with Gasteiger partial charge in [-0.15, -0.1) is 0 Å². The average molecular weight is 267 g/mol. The van der Waals surface area contributed by atoms with Crippen molar-refractivity contribution in [1.82, 2.24) is 0 Å². The second kappa shape index (κ2) is 7.10. The van der Waals surface area contributed by atoms with Crippen molar-refractivity contribution in [3.63, 3.8) is 0 Å². The SMILES string of the molecule is CCOC(=O)CC(=O)COc1ccccc1[N+](=O)[O-]. The van der Waals surface area contributed by atoms with Crippen LogP contribution in [0, 0.1) is 10.1 Å². The topological polar surface area (TPSA) is 95.7 Å². The Kier molecular flexibility index (Phi) is 5.46. The van der Waals surface area contributed by atoms with Crippen molar-refractivity contribution in [2.45, 2.75) is 13.3 Å². The number of para-hydroxylation sites is 2. The third kappa shape index (κ3) is 4.74. The quantitative estimate of drug-likeness (QED) is 0.321. The predicted molar refractivity (Wildman–Crippen MR) is 64.8 cm³/mol. The third-order valence-corrected chi connectivity index (χ3v) is 2.10. The van der Waals surface area contributed by atoms with E-state index in [2.05, 4.69) is 4.74 Å². The van der Waals surface area contributed by atoms with Crippen LogP contribution >= 0.6 is 0 Å². The Morgan fingerprint density at radius 1 is 1.32 bits per heavy atom. The molecule has 0 aliphatic carbocycles. The van der Waals surface area contributed by atoms with Crippen molar-refractivity contribution in [3.8, 4) is 5.75 Å². The molecular formula is C12H13NO6. The van der Waals surface area contributed by atoms with E-state index in [4.69, 9.17) is 4.74 Å². The number of carbonyl (C=O) groups is 2. The smallest absolute Gasteiger partial charge is 0.313 e. The van der Waals surface area contributed by atoms with Crippen LogP contribution in [0.15, 0.2) is 24.3 Å². The highest BCUT2D eigenvalue weighted by atomic mass is 16.6. The van der Waals surface area contributed by atoms with Crippen molar-refractivity contribution >= 4 is 17.4 Å². The molecule has 7 heteroatoms. The number of hydrogen-bond acceptors (Lipinski definition) is 6. The molecule has 0 fully saturated rings. The van der Waals surface area contributed by atoms with E-state index in [9.17, 15) is 19.7 Å². The van der Waals surface area contributed by atoms with E-state index in [1.165, 1.54) is 18.2 Å². The molecule has 0 aliphatic heterocycles. The minimum Gasteiger partial charge on any atom is -0.479 e. The molecule has 0 bridgehead atoms. The normalized spacial score (nSPS) is 9.74. The lowest BCUT2D eigenvalue weighted by Crippen LogP contribution is -2.17. The van der Waals surface area contributed by atoms with E-state index in [1.807, 2.05) is 0 Å². The zero-order chi connectivity index (χ0) is 14.3. The molecule has 0 atom stereocenters. The molecule has 0 radical (unpaired) electrons. The molecule has 0 saturated heterocycles. The van der Waals surface area contributed by atoms with Crippen molar-refractivity contribution < 1.29 is 24.0 Å². The number of nitro groups is 1. The molecule has 0 amide bonds. The first kappa shape index (κ1) is 14.6. The fraction of sp³-hybridized carbons (Fsp3) is 0.333. The predicted octanol–water partition coefficient (Wildman–Crippen LogP) is 1.50. The van der Waals surface area contributed by atoms with Gasteiger partial charge in [0.2, 0.25) is 0 Å². The second-order valence-corrected chi connectivity index (χ2v) is 3.53. The van der Waals surface area contributed by atoms with Crippen LogP contribution in [0.3, 0.4) is 0 Å². The monoisotopic (exact) mass is 267 g/mol. The Labute approximate surface area is 109 Å². The van der Waals surface area contributed by atoms with E-state index in [-0.39, 0.29) is 18.0 Å². The molecule has 0 saturated carbocycles. The van der Waals surface area contributed by atoms with Gasteiger partial charge in [-0.05, 0) is 13.0 Å². The van der Waals surface area contributed by atoms with Crippen molar-refractivity contribution in [2.24, 2.45) is 0 Å². The van der Waals surface area contributed by atoms with Gasteiger partial charge in [-0.25, -0.2) is 0 Å². The van der Waals surface area contributed by atoms with E-state index in [1.54, 1.807) is 13.0 Å². The van der Waals surface area contributed by atoms with Gasteiger partial charge in [-0.2, -0.15) is 0 Å². The van der Waals surface area contributed by atoms with E-state index < -0.39 is 29.7 Å². The number of ether oxygens (including phenoxy) is 2. The molecule has 0 N–H and O–H groups in total. The maximum atomic E-state index is 11.4. The Balaban J connectivity index is 2.55. The Bertz CT molecular complexity index is 485. The summed E-state index contributed by atoms with van der Waals surface area (Å²) < 4.78 is 9.64. The summed E-state index contributed by atoms with van der Waals surface area (Å²) in [6, 6.07) is 5.70. The van der Waals surface area contributed by atoms with Gasteiger partial charge in [-0.3, -0.25) is 19.7 Å². The van der Waals surface area contributed by atoms with Crippen LogP contribution in [0.25, 0.3) is 0 Å². The summed E-state index contributed by atoms with van der Waals surface area (Å²) in [5, 5.41) is 10.7. The summed E-state index contributed by atoms with van der Waals surface area (Å²) >= 11 is 0. The zero-order valence-corrected chi connectivity index (χ0v) is 10.3. The van der Waals surface area contributed by atoms with Crippen LogP contribution in [0.1, 0.15) is 13.3 Å². The van der Waals surface area contributed by atoms with Crippen molar-refractivity contribution in [1.29, 1.82) is 0 Å². The lowest BCUT2D eigenvalue weighted by molar-refractivity contribution is -0.385. The molecule has 0 spiro atoms. The van der Waals surface area contributed by atoms with Gasteiger partial charge in [-0.1, -0.05) is 12.1 Å². The van der Waals surface area contributed by atoms with Crippen LogP contribution in [0.4, 0.5) is 5.69 Å². The van der Waals surface area contributed by atoms with E-state index >= 15 is 0 Å². The van der Waals surface area contributed by atoms with Crippen molar-refractivity contribution in [2.75, 3.05) is 13.2 Å². The molecule has 0 aromatic heterocycles. The number of esters is 1. The summed E-state index contributed by atoms with van der Waals surface area (Å²) in [5.74, 6) is -1.15. The fourth-order valence-corrected chi connectivity index (χ4v) is 1.31. The molecule has 1 rings (SSSR count). The largest absolute Gasteiger partial charge is 0.479 e. The number of ketones is 1. The summed E-state index contributed by atoms with van der Waals surface area (Å²) in [6.45, 7) is 1.41. The number of rotatable bonds is 7. The molecule has 1 aromatic rings. The van der Waals surface area contributed by atoms with Gasteiger partial charge in [0.25, 0.3) is 0 Å². The zero-order valence-electron chi connectivity index (χ0n) is 10.3. The Hall–Kier alpha value is -2.44. The molecule has 102 valence electrons. The minimum absolute atomic E-state index is 0.00953. The molecule has 0 aliphatic rings. The number of nitrogens with zero attached hydrogens (tertiary/aromatic N) is 1. The molecule has 1 aromatic carbocycles. The Morgan fingerprint density at radius 2 is 2.00 bits per heavy atom. The van der Waals surface area contributed by atoms with Crippen LogP contribution in [0.2, 0.25) is 0 Å². The maximum absolute atomic E-state index is 11.4. The summed E-state index contributed by atoms with van der Waals surface area (Å²) in [6.07, 6.45) is -0.408. The Morgan fingerprint density at radius 3 is 2.63 bits per heavy atom. The minimum atomic E-state index is -0.640. The fourth-order valence-electron chi connectivity index (χ4n) is 1.31. The second-order valence-electron chi connectivity index (χ2n) is 3.53. The highest BCUT2D eigenvalue weighted by molar-refractivity contribution is 5.96. The summed E-state index contributed by atoms with van der Waals surface area (Å²) in [4.78, 5) is 32.5. The van der Waals surface area contributed by atoms with Gasteiger partial charge < -0.3 is 9.47 Å². The lowest BCUT2D eigenvalue weighted by atomic mass is 10.3.